The SMILES string of the molecule is CN=C(NCC(C)(C)c1ccc(Br)cc1)N1CCC2(CCOC2)C1. The van der Waals surface area contributed by atoms with Crippen molar-refractivity contribution in [1.82, 2.24) is 10.2 Å². The Morgan fingerprint density at radius 1 is 1.33 bits per heavy atom. The van der Waals surface area contributed by atoms with Gasteiger partial charge in [0, 0.05) is 48.6 Å². The summed E-state index contributed by atoms with van der Waals surface area (Å²) in [7, 11) is 1.88. The van der Waals surface area contributed by atoms with Crippen LogP contribution in [0.3, 0.4) is 0 Å². The van der Waals surface area contributed by atoms with E-state index in [1.807, 2.05) is 7.05 Å². The average molecular weight is 394 g/mol. The van der Waals surface area contributed by atoms with Crippen LogP contribution in [0.1, 0.15) is 32.3 Å². The second kappa shape index (κ2) is 7.04. The van der Waals surface area contributed by atoms with Crippen LogP contribution in [0.4, 0.5) is 0 Å². The molecule has 1 spiro atoms. The first-order chi connectivity index (χ1) is 11.4. The number of nitrogens with one attached hydrogen (secondary N) is 1. The standard InChI is InChI=1S/C19H28BrN3O/c1-18(2,15-4-6-16(20)7-5-15)12-22-17(21-3)23-10-8-19(13-23)9-11-24-14-19/h4-7H,8-14H2,1-3H3,(H,21,22). The van der Waals surface area contributed by atoms with Crippen molar-refractivity contribution >= 4 is 21.9 Å². The lowest BCUT2D eigenvalue weighted by atomic mass is 9.85. The van der Waals surface area contributed by atoms with Gasteiger partial charge in [-0.1, -0.05) is 41.9 Å². The van der Waals surface area contributed by atoms with Crippen LogP contribution in [0, 0.1) is 5.41 Å². The molecule has 2 fully saturated rings. The minimum atomic E-state index is 0.0462. The molecule has 4 nitrogen and oxygen atoms in total. The number of hydrogen-bond donors (Lipinski definition) is 1. The number of ether oxygens (including phenoxy) is 1. The zero-order valence-corrected chi connectivity index (χ0v) is 16.5. The number of likely N-dealkylation sites (tertiary alicyclic amines) is 1. The quantitative estimate of drug-likeness (QED) is 0.631. The molecule has 132 valence electrons. The first-order valence-corrected chi connectivity index (χ1v) is 9.53. The van der Waals surface area contributed by atoms with E-state index in [4.69, 9.17) is 4.74 Å². The lowest BCUT2D eigenvalue weighted by Crippen LogP contribution is -2.45. The molecule has 0 saturated carbocycles. The highest BCUT2D eigenvalue weighted by Crippen LogP contribution is 2.38. The zero-order valence-electron chi connectivity index (χ0n) is 14.9. The van der Waals surface area contributed by atoms with E-state index in [1.165, 1.54) is 18.4 Å². The summed E-state index contributed by atoms with van der Waals surface area (Å²) in [6.45, 7) is 9.36. The molecule has 5 heteroatoms. The third-order valence-corrected chi connectivity index (χ3v) is 5.98. The Bertz CT molecular complexity index is 591. The van der Waals surface area contributed by atoms with Crippen LogP contribution >= 0.6 is 15.9 Å². The van der Waals surface area contributed by atoms with Crippen LogP contribution in [0.5, 0.6) is 0 Å². The molecular formula is C19H28BrN3O. The topological polar surface area (TPSA) is 36.9 Å². The number of halogens is 1. The van der Waals surface area contributed by atoms with Crippen molar-refractivity contribution < 1.29 is 4.74 Å². The lowest BCUT2D eigenvalue weighted by molar-refractivity contribution is 0.156. The molecule has 1 aromatic carbocycles. The Kier molecular flexibility index (Phi) is 5.21. The highest BCUT2D eigenvalue weighted by molar-refractivity contribution is 9.10. The van der Waals surface area contributed by atoms with Gasteiger partial charge in [-0.05, 0) is 30.5 Å². The Hall–Kier alpha value is -1.07. The summed E-state index contributed by atoms with van der Waals surface area (Å²) in [5, 5.41) is 3.59. The molecule has 0 radical (unpaired) electrons. The molecule has 0 aliphatic carbocycles. The van der Waals surface area contributed by atoms with Crippen molar-refractivity contribution in [1.29, 1.82) is 0 Å². The van der Waals surface area contributed by atoms with Gasteiger partial charge in [-0.3, -0.25) is 4.99 Å². The van der Waals surface area contributed by atoms with Crippen molar-refractivity contribution in [3.05, 3.63) is 34.3 Å². The van der Waals surface area contributed by atoms with E-state index in [1.54, 1.807) is 0 Å². The zero-order chi connectivity index (χ0) is 17.2. The molecule has 2 heterocycles. The molecule has 1 aromatic rings. The van der Waals surface area contributed by atoms with Crippen molar-refractivity contribution in [3.63, 3.8) is 0 Å². The molecule has 0 aromatic heterocycles. The highest BCUT2D eigenvalue weighted by atomic mass is 79.9. The molecule has 1 atom stereocenters. The van der Waals surface area contributed by atoms with Crippen LogP contribution in [0.2, 0.25) is 0 Å². The van der Waals surface area contributed by atoms with Crippen LogP contribution in [-0.2, 0) is 10.2 Å². The first kappa shape index (κ1) is 17.7. The summed E-state index contributed by atoms with van der Waals surface area (Å²) in [5.74, 6) is 1.02. The second-order valence-electron chi connectivity index (χ2n) is 7.77. The van der Waals surface area contributed by atoms with Gasteiger partial charge in [0.25, 0.3) is 0 Å². The Morgan fingerprint density at radius 2 is 2.08 bits per heavy atom. The monoisotopic (exact) mass is 393 g/mol. The second-order valence-corrected chi connectivity index (χ2v) is 8.68. The fourth-order valence-corrected chi connectivity index (χ4v) is 3.99. The Morgan fingerprint density at radius 3 is 2.71 bits per heavy atom. The molecule has 3 rings (SSSR count). The van der Waals surface area contributed by atoms with E-state index in [-0.39, 0.29) is 5.41 Å². The van der Waals surface area contributed by atoms with E-state index in [0.717, 1.165) is 43.3 Å². The summed E-state index contributed by atoms with van der Waals surface area (Å²) in [6, 6.07) is 8.59. The predicted octanol–water partition coefficient (Wildman–Crippen LogP) is 3.41. The van der Waals surface area contributed by atoms with Gasteiger partial charge in [-0.2, -0.15) is 0 Å². The number of rotatable bonds is 3. The van der Waals surface area contributed by atoms with Gasteiger partial charge >= 0.3 is 0 Å². The average Bonchev–Trinajstić information content (AvgIpc) is 3.19. The molecule has 1 unspecified atom stereocenters. The number of nitrogens with zero attached hydrogens (tertiary/aromatic N) is 2. The van der Waals surface area contributed by atoms with Crippen LogP contribution in [0.15, 0.2) is 33.7 Å². The van der Waals surface area contributed by atoms with E-state index in [2.05, 4.69) is 69.3 Å². The third-order valence-electron chi connectivity index (χ3n) is 5.45. The summed E-state index contributed by atoms with van der Waals surface area (Å²) in [5.41, 5.74) is 1.74. The van der Waals surface area contributed by atoms with Gasteiger partial charge in [0.2, 0.25) is 0 Å². The van der Waals surface area contributed by atoms with Gasteiger partial charge in [0.1, 0.15) is 0 Å². The first-order valence-electron chi connectivity index (χ1n) is 8.74. The fraction of sp³-hybridized carbons (Fsp3) is 0.632. The normalized spacial score (nSPS) is 24.8. The smallest absolute Gasteiger partial charge is 0.193 e. The van der Waals surface area contributed by atoms with Gasteiger partial charge in [0.05, 0.1) is 6.61 Å². The largest absolute Gasteiger partial charge is 0.381 e. The van der Waals surface area contributed by atoms with E-state index in [0.29, 0.717) is 5.41 Å². The number of aliphatic imine (C=N–C) groups is 1. The van der Waals surface area contributed by atoms with E-state index in [9.17, 15) is 0 Å². The van der Waals surface area contributed by atoms with Crippen molar-refractivity contribution in [2.24, 2.45) is 10.4 Å². The number of hydrogen-bond acceptors (Lipinski definition) is 2. The maximum Gasteiger partial charge on any atom is 0.193 e. The van der Waals surface area contributed by atoms with E-state index < -0.39 is 0 Å². The number of benzene rings is 1. The molecule has 2 aliphatic rings. The number of guanidine groups is 1. The minimum absolute atomic E-state index is 0.0462. The van der Waals surface area contributed by atoms with Crippen molar-refractivity contribution in [2.75, 3.05) is 39.9 Å². The highest BCUT2D eigenvalue weighted by Gasteiger charge is 2.42. The van der Waals surface area contributed by atoms with Gasteiger partial charge in [-0.15, -0.1) is 0 Å². The van der Waals surface area contributed by atoms with Crippen LogP contribution < -0.4 is 5.32 Å². The van der Waals surface area contributed by atoms with Gasteiger partial charge in [-0.25, -0.2) is 0 Å². The van der Waals surface area contributed by atoms with Crippen LogP contribution in [-0.4, -0.2) is 50.8 Å². The molecular weight excluding hydrogens is 366 g/mol. The van der Waals surface area contributed by atoms with Crippen molar-refractivity contribution in [3.8, 4) is 0 Å². The predicted molar refractivity (Wildman–Crippen MR) is 103 cm³/mol. The Balaban J connectivity index is 1.61. The molecule has 24 heavy (non-hydrogen) atoms. The molecule has 2 aliphatic heterocycles. The van der Waals surface area contributed by atoms with Crippen molar-refractivity contribution in [2.45, 2.75) is 32.1 Å². The molecule has 0 amide bonds. The minimum Gasteiger partial charge on any atom is -0.381 e. The molecule has 1 N–H and O–H groups in total. The van der Waals surface area contributed by atoms with Gasteiger partial charge in [0.15, 0.2) is 5.96 Å². The summed E-state index contributed by atoms with van der Waals surface area (Å²) < 4.78 is 6.75. The Labute approximate surface area is 153 Å². The fourth-order valence-electron chi connectivity index (χ4n) is 3.72. The maximum absolute atomic E-state index is 5.63. The van der Waals surface area contributed by atoms with Gasteiger partial charge < -0.3 is 15.0 Å². The molecule has 2 saturated heterocycles. The third kappa shape index (κ3) is 3.77. The van der Waals surface area contributed by atoms with Crippen LogP contribution in [0.25, 0.3) is 0 Å². The maximum atomic E-state index is 5.63. The molecule has 0 bridgehead atoms. The lowest BCUT2D eigenvalue weighted by Gasteiger charge is -2.30. The summed E-state index contributed by atoms with van der Waals surface area (Å²) in [6.07, 6.45) is 2.40. The van der Waals surface area contributed by atoms with E-state index >= 15 is 0 Å². The summed E-state index contributed by atoms with van der Waals surface area (Å²) in [4.78, 5) is 6.91. The summed E-state index contributed by atoms with van der Waals surface area (Å²) >= 11 is 3.51.